The topological polar surface area (TPSA) is 132 Å². The highest BCUT2D eigenvalue weighted by Gasteiger charge is 2.31. The number of carbonyl (C=O) groups excluding carboxylic acids is 4. The third-order valence-corrected chi connectivity index (χ3v) is 6.29. The van der Waals surface area contributed by atoms with E-state index in [1.165, 1.54) is 30.2 Å². The summed E-state index contributed by atoms with van der Waals surface area (Å²) in [5, 5.41) is 6.75. The Kier molecular flexibility index (Phi) is 6.34. The Bertz CT molecular complexity index is 1520. The monoisotopic (exact) mass is 502 g/mol. The molecule has 37 heavy (non-hydrogen) atoms. The van der Waals surface area contributed by atoms with Crippen LogP contribution < -0.4 is 0 Å². The average molecular weight is 503 g/mol. The minimum atomic E-state index is -0.850. The summed E-state index contributed by atoms with van der Waals surface area (Å²) in [6.07, 6.45) is 1.38. The van der Waals surface area contributed by atoms with Crippen molar-refractivity contribution in [2.24, 2.45) is 0 Å². The van der Waals surface area contributed by atoms with Crippen LogP contribution in [0.3, 0.4) is 0 Å². The molecule has 2 aromatic carbocycles. The third kappa shape index (κ3) is 4.63. The van der Waals surface area contributed by atoms with Crippen LogP contribution in [0.15, 0.2) is 48.7 Å². The van der Waals surface area contributed by atoms with Gasteiger partial charge in [0.2, 0.25) is 0 Å². The number of Topliss-reactive ketones (excluding diaryl/α,β-unsaturated/α-hetero) is 2. The second-order valence-corrected chi connectivity index (χ2v) is 8.81. The number of hydrogen-bond acceptors (Lipinski definition) is 6. The molecule has 188 valence electrons. The van der Waals surface area contributed by atoms with Crippen LogP contribution in [0.25, 0.3) is 22.3 Å². The lowest BCUT2D eigenvalue weighted by atomic mass is 10.0. The molecule has 10 nitrogen and oxygen atoms in total. The number of aromatic amines is 2. The summed E-state index contributed by atoms with van der Waals surface area (Å²) in [6.45, 7) is 2.38. The van der Waals surface area contributed by atoms with Crippen molar-refractivity contribution in [1.82, 2.24) is 30.0 Å². The molecule has 0 radical (unpaired) electrons. The van der Waals surface area contributed by atoms with Crippen LogP contribution in [0.2, 0.25) is 0 Å². The van der Waals surface area contributed by atoms with E-state index in [2.05, 4.69) is 20.2 Å². The van der Waals surface area contributed by atoms with Crippen LogP contribution in [-0.2, 0) is 16.0 Å². The highest BCUT2D eigenvalue weighted by Crippen LogP contribution is 2.31. The van der Waals surface area contributed by atoms with Crippen LogP contribution >= 0.6 is 0 Å². The second kappa shape index (κ2) is 9.76. The van der Waals surface area contributed by atoms with Gasteiger partial charge in [0, 0.05) is 48.9 Å². The molecule has 1 saturated heterocycles. The molecule has 2 N–H and O–H groups in total. The number of hydrogen-bond donors (Lipinski definition) is 2. The molecule has 3 heterocycles. The molecule has 1 aliphatic heterocycles. The first-order valence-corrected chi connectivity index (χ1v) is 11.7. The molecule has 0 aliphatic carbocycles. The molecule has 2 amide bonds. The van der Waals surface area contributed by atoms with Gasteiger partial charge in [-0.3, -0.25) is 24.3 Å². The van der Waals surface area contributed by atoms with E-state index in [4.69, 9.17) is 0 Å². The fraction of sp³-hybridized carbons (Fsp3) is 0.231. The molecule has 1 aliphatic rings. The smallest absolute Gasteiger partial charge is 0.295 e. The number of nitrogens with one attached hydrogen (secondary N) is 2. The highest BCUT2D eigenvalue weighted by molar-refractivity contribution is 6.45. The molecule has 0 unspecified atom stereocenters. The number of amides is 2. The van der Waals surface area contributed by atoms with E-state index < -0.39 is 17.5 Å². The fourth-order valence-electron chi connectivity index (χ4n) is 4.44. The van der Waals surface area contributed by atoms with E-state index in [0.717, 1.165) is 0 Å². The van der Waals surface area contributed by atoms with Gasteiger partial charge in [0.25, 0.3) is 17.6 Å². The maximum Gasteiger partial charge on any atom is 0.295 e. The quantitative estimate of drug-likeness (QED) is 0.307. The van der Waals surface area contributed by atoms with E-state index in [1.54, 1.807) is 29.2 Å². The van der Waals surface area contributed by atoms with Crippen LogP contribution in [0, 0.1) is 5.82 Å². The Labute approximate surface area is 210 Å². The lowest BCUT2D eigenvalue weighted by Crippen LogP contribution is -2.52. The Balaban J connectivity index is 1.34. The lowest BCUT2D eigenvalue weighted by molar-refractivity contribution is -0.127. The Morgan fingerprint density at radius 3 is 2.38 bits per heavy atom. The van der Waals surface area contributed by atoms with E-state index in [1.807, 2.05) is 6.07 Å². The van der Waals surface area contributed by atoms with Gasteiger partial charge in [-0.05, 0) is 31.2 Å². The van der Waals surface area contributed by atoms with E-state index in [-0.39, 0.29) is 66.6 Å². The van der Waals surface area contributed by atoms with Gasteiger partial charge >= 0.3 is 0 Å². The summed E-state index contributed by atoms with van der Waals surface area (Å²) in [5.41, 5.74) is 1.15. The van der Waals surface area contributed by atoms with Gasteiger partial charge in [-0.15, -0.1) is 0 Å². The summed E-state index contributed by atoms with van der Waals surface area (Å²) < 4.78 is 14.9. The van der Waals surface area contributed by atoms with E-state index in [9.17, 15) is 23.6 Å². The maximum absolute atomic E-state index is 14.9. The summed E-state index contributed by atoms with van der Waals surface area (Å²) in [7, 11) is 0. The van der Waals surface area contributed by atoms with Crippen LogP contribution in [-0.4, -0.2) is 79.5 Å². The first kappa shape index (κ1) is 24.0. The molecule has 4 aromatic rings. The number of nitrogens with zero attached hydrogens (tertiary/aromatic N) is 4. The molecule has 5 rings (SSSR count). The normalized spacial score (nSPS) is 13.7. The summed E-state index contributed by atoms with van der Waals surface area (Å²) in [4.78, 5) is 60.4. The van der Waals surface area contributed by atoms with Crippen molar-refractivity contribution in [2.75, 3.05) is 26.2 Å². The largest absolute Gasteiger partial charge is 0.360 e. The van der Waals surface area contributed by atoms with Crippen molar-refractivity contribution < 1.29 is 23.6 Å². The molecule has 11 heteroatoms. The predicted molar refractivity (Wildman–Crippen MR) is 131 cm³/mol. The number of halogens is 1. The third-order valence-electron chi connectivity index (χ3n) is 6.29. The Hall–Kier alpha value is -4.67. The van der Waals surface area contributed by atoms with Crippen molar-refractivity contribution in [3.8, 4) is 11.4 Å². The van der Waals surface area contributed by atoms with Crippen molar-refractivity contribution in [3.63, 3.8) is 0 Å². The summed E-state index contributed by atoms with van der Waals surface area (Å²) >= 11 is 0. The van der Waals surface area contributed by atoms with E-state index in [0.29, 0.717) is 17.0 Å². The van der Waals surface area contributed by atoms with Gasteiger partial charge in [-0.2, -0.15) is 5.10 Å². The number of benzene rings is 2. The molecule has 0 saturated carbocycles. The zero-order valence-electron chi connectivity index (χ0n) is 20.0. The van der Waals surface area contributed by atoms with Gasteiger partial charge in [-0.25, -0.2) is 9.37 Å². The zero-order valence-corrected chi connectivity index (χ0v) is 20.0. The first-order chi connectivity index (χ1) is 17.8. The Morgan fingerprint density at radius 2 is 1.68 bits per heavy atom. The van der Waals surface area contributed by atoms with Gasteiger partial charge in [0.15, 0.2) is 5.82 Å². The molecular weight excluding hydrogens is 479 g/mol. The second-order valence-electron chi connectivity index (χ2n) is 8.81. The summed E-state index contributed by atoms with van der Waals surface area (Å²) in [5.74, 6) is -1.92. The highest BCUT2D eigenvalue weighted by atomic mass is 19.1. The average Bonchev–Trinajstić information content (AvgIpc) is 3.56. The molecule has 1 fully saturated rings. The van der Waals surface area contributed by atoms with E-state index >= 15 is 0 Å². The van der Waals surface area contributed by atoms with Gasteiger partial charge < -0.3 is 14.8 Å². The summed E-state index contributed by atoms with van der Waals surface area (Å²) in [6, 6.07) is 11.5. The number of fused-ring (bicyclic) bond motifs is 1. The first-order valence-electron chi connectivity index (χ1n) is 11.7. The SMILES string of the molecule is CC(=O)Cc1nc(-c2ccc(F)c3c(C(=O)C(=O)N4CCN(C(=O)c5ccccc5)CC4)c[nH]c23)n[nH]1. The molecule has 0 spiro atoms. The van der Waals surface area contributed by atoms with Gasteiger partial charge in [0.1, 0.15) is 17.4 Å². The number of piperazine rings is 1. The van der Waals surface area contributed by atoms with Crippen molar-refractivity contribution in [3.05, 3.63) is 71.4 Å². The van der Waals surface area contributed by atoms with Gasteiger partial charge in [0.05, 0.1) is 17.5 Å². The van der Waals surface area contributed by atoms with Crippen LogP contribution in [0.1, 0.15) is 33.5 Å². The number of H-pyrrole nitrogens is 2. The number of ketones is 2. The van der Waals surface area contributed by atoms with Crippen molar-refractivity contribution in [1.29, 1.82) is 0 Å². The Morgan fingerprint density at radius 1 is 0.973 bits per heavy atom. The molecular formula is C26H23FN6O4. The molecule has 2 aromatic heterocycles. The van der Waals surface area contributed by atoms with Crippen molar-refractivity contribution in [2.45, 2.75) is 13.3 Å². The fourth-order valence-corrected chi connectivity index (χ4v) is 4.44. The minimum Gasteiger partial charge on any atom is -0.360 e. The van der Waals surface area contributed by atoms with Crippen LogP contribution in [0.5, 0.6) is 0 Å². The predicted octanol–water partition coefficient (Wildman–Crippen LogP) is 2.39. The molecule has 0 atom stereocenters. The minimum absolute atomic E-state index is 0.0355. The molecule has 0 bridgehead atoms. The van der Waals surface area contributed by atoms with Gasteiger partial charge in [-0.1, -0.05) is 18.2 Å². The van der Waals surface area contributed by atoms with Crippen LogP contribution in [0.4, 0.5) is 4.39 Å². The maximum atomic E-state index is 14.9. The number of carbonyl (C=O) groups is 4. The lowest BCUT2D eigenvalue weighted by Gasteiger charge is -2.34. The number of rotatable bonds is 6. The van der Waals surface area contributed by atoms with Crippen molar-refractivity contribution >= 4 is 34.3 Å². The standard InChI is InChI=1S/C26H23FN6O4/c1-15(34)13-20-29-24(31-30-20)17-7-8-19(27)21-18(14-28-22(17)21)23(35)26(37)33-11-9-32(10-12-33)25(36)16-5-3-2-4-6-16/h2-8,14,28H,9-13H2,1H3,(H,29,30,31). The zero-order chi connectivity index (χ0) is 26.1. The number of aromatic nitrogens is 4.